The zero-order valence-electron chi connectivity index (χ0n) is 10.5. The number of benzene rings is 1. The summed E-state index contributed by atoms with van der Waals surface area (Å²) in [5.41, 5.74) is -1.25. The van der Waals surface area contributed by atoms with Crippen LogP contribution in [0.3, 0.4) is 0 Å². The number of carboxylic acids is 1. The highest BCUT2D eigenvalue weighted by Crippen LogP contribution is 2.28. The third-order valence-electron chi connectivity index (χ3n) is 3.03. The second kappa shape index (κ2) is 6.08. The number of halogens is 1. The highest BCUT2D eigenvalue weighted by Gasteiger charge is 2.24. The molecule has 108 valence electrons. The number of hydrogen-bond donors (Lipinski definition) is 2. The lowest BCUT2D eigenvalue weighted by molar-refractivity contribution is -0.385. The highest BCUT2D eigenvalue weighted by atomic mass is 32.2. The first-order valence-electron chi connectivity index (χ1n) is 6.04. The van der Waals surface area contributed by atoms with Crippen LogP contribution in [0.15, 0.2) is 12.1 Å². The number of nitro groups is 1. The molecule has 0 saturated carbocycles. The predicted molar refractivity (Wildman–Crippen MR) is 74.0 cm³/mol. The molecule has 1 fully saturated rings. The summed E-state index contributed by atoms with van der Waals surface area (Å²) in [6.07, 6.45) is 1.87. The molecular weight excluding hydrogens is 287 g/mol. The van der Waals surface area contributed by atoms with Gasteiger partial charge in [0.25, 0.3) is 5.69 Å². The van der Waals surface area contributed by atoms with E-state index in [1.165, 1.54) is 0 Å². The van der Waals surface area contributed by atoms with E-state index >= 15 is 0 Å². The Kier molecular flexibility index (Phi) is 4.43. The van der Waals surface area contributed by atoms with Crippen molar-refractivity contribution in [2.45, 2.75) is 18.9 Å². The molecule has 1 aliphatic rings. The van der Waals surface area contributed by atoms with Crippen LogP contribution in [0.25, 0.3) is 0 Å². The number of aromatic carboxylic acids is 1. The zero-order chi connectivity index (χ0) is 14.7. The number of nitrogens with zero attached hydrogens (tertiary/aromatic N) is 1. The van der Waals surface area contributed by atoms with Crippen LogP contribution >= 0.6 is 11.8 Å². The molecular formula is C12H13FN2O4S. The second-order valence-electron chi connectivity index (χ2n) is 4.47. The van der Waals surface area contributed by atoms with E-state index in [9.17, 15) is 19.3 Å². The Morgan fingerprint density at radius 3 is 2.85 bits per heavy atom. The fourth-order valence-corrected chi connectivity index (χ4v) is 3.14. The molecule has 2 rings (SSSR count). The van der Waals surface area contributed by atoms with Gasteiger partial charge < -0.3 is 10.4 Å². The molecule has 6 nitrogen and oxygen atoms in total. The Labute approximate surface area is 118 Å². The first kappa shape index (κ1) is 14.6. The van der Waals surface area contributed by atoms with E-state index in [2.05, 4.69) is 5.32 Å². The lowest BCUT2D eigenvalue weighted by Gasteiger charge is -2.23. The van der Waals surface area contributed by atoms with Crippen molar-refractivity contribution in [3.63, 3.8) is 0 Å². The van der Waals surface area contributed by atoms with Crippen LogP contribution in [0.1, 0.15) is 23.2 Å². The van der Waals surface area contributed by atoms with Gasteiger partial charge in [-0.25, -0.2) is 9.18 Å². The van der Waals surface area contributed by atoms with Gasteiger partial charge >= 0.3 is 5.97 Å². The maximum absolute atomic E-state index is 13.8. The van der Waals surface area contributed by atoms with Gasteiger partial charge in [-0.2, -0.15) is 11.8 Å². The maximum atomic E-state index is 13.8. The van der Waals surface area contributed by atoms with Crippen LogP contribution in [0.2, 0.25) is 0 Å². The van der Waals surface area contributed by atoms with E-state index in [1.807, 2.05) is 0 Å². The van der Waals surface area contributed by atoms with Gasteiger partial charge in [-0.05, 0) is 24.7 Å². The Balaban J connectivity index is 2.31. The molecule has 1 saturated heterocycles. The average molecular weight is 300 g/mol. The fourth-order valence-electron chi connectivity index (χ4n) is 2.07. The lowest BCUT2D eigenvalue weighted by atomic mass is 10.1. The van der Waals surface area contributed by atoms with Crippen LogP contribution in [-0.2, 0) is 0 Å². The van der Waals surface area contributed by atoms with Crippen LogP contribution in [0.4, 0.5) is 15.8 Å². The van der Waals surface area contributed by atoms with Gasteiger partial charge in [0.15, 0.2) is 5.82 Å². The van der Waals surface area contributed by atoms with Gasteiger partial charge in [0.2, 0.25) is 0 Å². The van der Waals surface area contributed by atoms with Crippen LogP contribution in [0, 0.1) is 15.9 Å². The molecule has 0 aliphatic carbocycles. The minimum Gasteiger partial charge on any atom is -0.477 e. The van der Waals surface area contributed by atoms with Crippen molar-refractivity contribution in [3.05, 3.63) is 33.6 Å². The van der Waals surface area contributed by atoms with Gasteiger partial charge in [0.1, 0.15) is 5.56 Å². The fraction of sp³-hybridized carbons (Fsp3) is 0.417. The summed E-state index contributed by atoms with van der Waals surface area (Å²) in [5.74, 6) is -0.393. The number of rotatable bonds is 4. The van der Waals surface area contributed by atoms with Gasteiger partial charge in [-0.3, -0.25) is 10.1 Å². The molecule has 1 aromatic rings. The minimum atomic E-state index is -1.45. The maximum Gasteiger partial charge on any atom is 0.342 e. The Bertz CT molecular complexity index is 547. The molecule has 1 heterocycles. The SMILES string of the molecule is O=C(O)c1cc(NC2CCCSC2)c(F)cc1[N+](=O)[O-]. The number of carboxylic acid groups (broad SMARTS) is 1. The monoisotopic (exact) mass is 300 g/mol. The molecule has 0 radical (unpaired) electrons. The van der Waals surface area contributed by atoms with Gasteiger partial charge in [-0.1, -0.05) is 0 Å². The smallest absolute Gasteiger partial charge is 0.342 e. The second-order valence-corrected chi connectivity index (χ2v) is 5.62. The molecule has 1 aromatic carbocycles. The molecule has 8 heteroatoms. The summed E-state index contributed by atoms with van der Waals surface area (Å²) in [5, 5.41) is 22.6. The zero-order valence-corrected chi connectivity index (χ0v) is 11.3. The molecule has 0 amide bonds. The predicted octanol–water partition coefficient (Wildman–Crippen LogP) is 2.74. The van der Waals surface area contributed by atoms with Crippen molar-refractivity contribution in [1.82, 2.24) is 0 Å². The lowest BCUT2D eigenvalue weighted by Crippen LogP contribution is -2.26. The summed E-state index contributed by atoms with van der Waals surface area (Å²) in [6.45, 7) is 0. The normalized spacial score (nSPS) is 18.6. The number of hydrogen-bond acceptors (Lipinski definition) is 5. The Hall–Kier alpha value is -1.83. The quantitative estimate of drug-likeness (QED) is 0.656. The van der Waals surface area contributed by atoms with Crippen LogP contribution in [0.5, 0.6) is 0 Å². The number of anilines is 1. The van der Waals surface area contributed by atoms with Crippen LogP contribution in [-0.4, -0.2) is 33.5 Å². The highest BCUT2D eigenvalue weighted by molar-refractivity contribution is 7.99. The van der Waals surface area contributed by atoms with E-state index in [0.29, 0.717) is 6.07 Å². The third-order valence-corrected chi connectivity index (χ3v) is 4.25. The van der Waals surface area contributed by atoms with E-state index in [4.69, 9.17) is 5.11 Å². The minimum absolute atomic E-state index is 0.000463. The molecule has 20 heavy (non-hydrogen) atoms. The van der Waals surface area contributed by atoms with Crippen molar-refractivity contribution >= 4 is 29.1 Å². The molecule has 1 aliphatic heterocycles. The third kappa shape index (κ3) is 3.19. The molecule has 0 spiro atoms. The van der Waals surface area contributed by atoms with E-state index < -0.39 is 28.0 Å². The van der Waals surface area contributed by atoms with Crippen molar-refractivity contribution in [1.29, 1.82) is 0 Å². The van der Waals surface area contributed by atoms with Gasteiger partial charge in [0.05, 0.1) is 16.7 Å². The molecule has 1 unspecified atom stereocenters. The van der Waals surface area contributed by atoms with Gasteiger partial charge in [-0.15, -0.1) is 0 Å². The first-order chi connectivity index (χ1) is 9.49. The summed E-state index contributed by atoms with van der Waals surface area (Å²) in [7, 11) is 0. The molecule has 1 atom stereocenters. The average Bonchev–Trinajstić information content (AvgIpc) is 2.41. The summed E-state index contributed by atoms with van der Waals surface area (Å²) in [6, 6.07) is 1.70. The Morgan fingerprint density at radius 1 is 1.55 bits per heavy atom. The molecule has 2 N–H and O–H groups in total. The topological polar surface area (TPSA) is 92.5 Å². The standard InChI is InChI=1S/C12H13FN2O4S/c13-9-5-11(15(18)19)8(12(16)17)4-10(9)14-7-2-1-3-20-6-7/h4-5,7,14H,1-3,6H2,(H,16,17). The van der Waals surface area contributed by atoms with E-state index in [0.717, 1.165) is 30.4 Å². The number of nitrogens with one attached hydrogen (secondary N) is 1. The molecule has 0 aromatic heterocycles. The summed E-state index contributed by atoms with van der Waals surface area (Å²) in [4.78, 5) is 20.9. The van der Waals surface area contributed by atoms with Crippen molar-refractivity contribution in [2.24, 2.45) is 0 Å². The Morgan fingerprint density at radius 2 is 2.30 bits per heavy atom. The number of nitro benzene ring substituents is 1. The number of carbonyl (C=O) groups is 1. The first-order valence-corrected chi connectivity index (χ1v) is 7.20. The van der Waals surface area contributed by atoms with E-state index in [1.54, 1.807) is 11.8 Å². The van der Waals surface area contributed by atoms with Crippen molar-refractivity contribution in [3.8, 4) is 0 Å². The summed E-state index contributed by atoms with van der Waals surface area (Å²) < 4.78 is 13.8. The number of thioether (sulfide) groups is 1. The van der Waals surface area contributed by atoms with Gasteiger partial charge in [0, 0.05) is 11.8 Å². The van der Waals surface area contributed by atoms with Crippen LogP contribution < -0.4 is 5.32 Å². The largest absolute Gasteiger partial charge is 0.477 e. The molecule has 0 bridgehead atoms. The van der Waals surface area contributed by atoms with E-state index in [-0.39, 0.29) is 11.7 Å². The van der Waals surface area contributed by atoms with Crippen molar-refractivity contribution in [2.75, 3.05) is 16.8 Å². The van der Waals surface area contributed by atoms with Crippen molar-refractivity contribution < 1.29 is 19.2 Å². The summed E-state index contributed by atoms with van der Waals surface area (Å²) >= 11 is 1.74.